The Bertz CT molecular complexity index is 194. The summed E-state index contributed by atoms with van der Waals surface area (Å²) in [7, 11) is 0.444. The van der Waals surface area contributed by atoms with Crippen LogP contribution < -0.4 is 0 Å². The Labute approximate surface area is 80.6 Å². The Kier molecular flexibility index (Phi) is 7.48. The molecule has 1 atom stereocenters. The standard InChI is InChI=1S/C8H15NO3S/c1-12-8(10)4-2-6-13(11)7-3-5-9/h5,9H,2-4,6-7H2,1H3. The summed E-state index contributed by atoms with van der Waals surface area (Å²) in [5, 5.41) is 6.74. The first-order valence-electron chi connectivity index (χ1n) is 4.11. The normalized spacial score (nSPS) is 12.1. The van der Waals surface area contributed by atoms with Gasteiger partial charge in [0.25, 0.3) is 0 Å². The van der Waals surface area contributed by atoms with E-state index < -0.39 is 10.8 Å². The van der Waals surface area contributed by atoms with Crippen LogP contribution in [0.2, 0.25) is 0 Å². The van der Waals surface area contributed by atoms with Crippen molar-refractivity contribution in [2.24, 2.45) is 0 Å². The van der Waals surface area contributed by atoms with Gasteiger partial charge in [0, 0.05) is 28.7 Å². The third-order valence-corrected chi connectivity index (χ3v) is 2.91. The highest BCUT2D eigenvalue weighted by Crippen LogP contribution is 1.96. The van der Waals surface area contributed by atoms with Gasteiger partial charge in [-0.2, -0.15) is 0 Å². The van der Waals surface area contributed by atoms with Gasteiger partial charge in [0.05, 0.1) is 7.11 Å². The van der Waals surface area contributed by atoms with Gasteiger partial charge in [0.2, 0.25) is 0 Å². The van der Waals surface area contributed by atoms with E-state index in [0.29, 0.717) is 30.8 Å². The fraction of sp³-hybridized carbons (Fsp3) is 0.750. The van der Waals surface area contributed by atoms with Gasteiger partial charge in [0.15, 0.2) is 0 Å². The smallest absolute Gasteiger partial charge is 0.305 e. The minimum absolute atomic E-state index is 0.260. The molecule has 0 aromatic rings. The summed E-state index contributed by atoms with van der Waals surface area (Å²) < 4.78 is 15.6. The molecule has 0 radical (unpaired) electrons. The van der Waals surface area contributed by atoms with Crippen LogP contribution in [0, 0.1) is 5.41 Å². The lowest BCUT2D eigenvalue weighted by Crippen LogP contribution is -2.06. The largest absolute Gasteiger partial charge is 0.469 e. The molecule has 1 unspecified atom stereocenters. The van der Waals surface area contributed by atoms with E-state index in [1.807, 2.05) is 0 Å². The molecule has 0 amide bonds. The van der Waals surface area contributed by atoms with E-state index in [1.54, 1.807) is 0 Å². The lowest BCUT2D eigenvalue weighted by atomic mass is 10.3. The van der Waals surface area contributed by atoms with Gasteiger partial charge in [-0.3, -0.25) is 9.00 Å². The SMILES string of the molecule is COC(=O)CCCS(=O)CCC=N. The second kappa shape index (κ2) is 7.91. The molecule has 5 heteroatoms. The van der Waals surface area contributed by atoms with E-state index >= 15 is 0 Å². The van der Waals surface area contributed by atoms with Crippen molar-refractivity contribution < 1.29 is 13.7 Å². The fourth-order valence-corrected chi connectivity index (χ4v) is 1.82. The first kappa shape index (κ1) is 12.3. The molecule has 13 heavy (non-hydrogen) atoms. The molecule has 4 nitrogen and oxygen atoms in total. The molecule has 0 spiro atoms. The lowest BCUT2D eigenvalue weighted by Gasteiger charge is -1.99. The second-order valence-corrected chi connectivity index (χ2v) is 4.22. The molecule has 0 heterocycles. The maximum Gasteiger partial charge on any atom is 0.305 e. The highest BCUT2D eigenvalue weighted by Gasteiger charge is 2.02. The zero-order valence-corrected chi connectivity index (χ0v) is 8.56. The van der Waals surface area contributed by atoms with Crippen LogP contribution in [0.25, 0.3) is 0 Å². The van der Waals surface area contributed by atoms with Gasteiger partial charge >= 0.3 is 5.97 Å². The first-order valence-corrected chi connectivity index (χ1v) is 5.60. The highest BCUT2D eigenvalue weighted by atomic mass is 32.2. The molecule has 0 aromatic heterocycles. The van der Waals surface area contributed by atoms with Crippen molar-refractivity contribution in [3.05, 3.63) is 0 Å². The van der Waals surface area contributed by atoms with Gasteiger partial charge in [-0.25, -0.2) is 0 Å². The number of hydrogen-bond donors (Lipinski definition) is 1. The topological polar surface area (TPSA) is 67.2 Å². The van der Waals surface area contributed by atoms with E-state index in [9.17, 15) is 9.00 Å². The number of esters is 1. The molecule has 0 aliphatic rings. The zero-order chi connectivity index (χ0) is 10.1. The van der Waals surface area contributed by atoms with Gasteiger partial charge < -0.3 is 10.1 Å². The molecule has 0 rings (SSSR count). The molecule has 0 bridgehead atoms. The Morgan fingerprint density at radius 3 is 2.77 bits per heavy atom. The average Bonchev–Trinajstić information content (AvgIpc) is 2.14. The number of ether oxygens (including phenoxy) is 1. The van der Waals surface area contributed by atoms with Crippen LogP contribution in [0.4, 0.5) is 0 Å². The van der Waals surface area contributed by atoms with Crippen LogP contribution in [0.3, 0.4) is 0 Å². The van der Waals surface area contributed by atoms with Crippen molar-refractivity contribution in [2.75, 3.05) is 18.6 Å². The molecule has 0 aliphatic heterocycles. The van der Waals surface area contributed by atoms with Gasteiger partial charge in [0.1, 0.15) is 0 Å². The van der Waals surface area contributed by atoms with E-state index in [1.165, 1.54) is 13.3 Å². The fourth-order valence-electron chi connectivity index (χ4n) is 0.772. The van der Waals surface area contributed by atoms with Crippen LogP contribution in [0.1, 0.15) is 19.3 Å². The highest BCUT2D eigenvalue weighted by molar-refractivity contribution is 7.84. The Balaban J connectivity index is 3.36. The van der Waals surface area contributed by atoms with Crippen molar-refractivity contribution in [1.82, 2.24) is 0 Å². The van der Waals surface area contributed by atoms with Gasteiger partial charge in [-0.05, 0) is 19.1 Å². The van der Waals surface area contributed by atoms with Crippen LogP contribution in [-0.4, -0.2) is 35.0 Å². The zero-order valence-electron chi connectivity index (χ0n) is 7.75. The predicted molar refractivity (Wildman–Crippen MR) is 52.5 cm³/mol. The molecular weight excluding hydrogens is 190 g/mol. The summed E-state index contributed by atoms with van der Waals surface area (Å²) in [5.41, 5.74) is 0. The van der Waals surface area contributed by atoms with Crippen molar-refractivity contribution in [3.8, 4) is 0 Å². The number of carbonyl (C=O) groups is 1. The number of methoxy groups -OCH3 is 1. The minimum atomic E-state index is -0.897. The molecule has 0 saturated heterocycles. The Hall–Kier alpha value is -0.710. The van der Waals surface area contributed by atoms with Crippen molar-refractivity contribution >= 4 is 23.0 Å². The average molecular weight is 205 g/mol. The summed E-state index contributed by atoms with van der Waals surface area (Å²) in [6.45, 7) is 0. The van der Waals surface area contributed by atoms with Crippen LogP contribution in [0.15, 0.2) is 0 Å². The Morgan fingerprint density at radius 1 is 1.54 bits per heavy atom. The van der Waals surface area contributed by atoms with E-state index in [2.05, 4.69) is 4.74 Å². The van der Waals surface area contributed by atoms with Crippen molar-refractivity contribution in [1.29, 1.82) is 5.41 Å². The number of rotatable bonds is 7. The number of nitrogens with one attached hydrogen (secondary N) is 1. The number of carbonyl (C=O) groups excluding carboxylic acids is 1. The quantitative estimate of drug-likeness (QED) is 0.492. The third-order valence-electron chi connectivity index (χ3n) is 1.47. The molecule has 1 N–H and O–H groups in total. The second-order valence-electron chi connectivity index (χ2n) is 2.52. The maximum absolute atomic E-state index is 11.1. The van der Waals surface area contributed by atoms with Crippen LogP contribution >= 0.6 is 0 Å². The van der Waals surface area contributed by atoms with Crippen LogP contribution in [-0.2, 0) is 20.3 Å². The molecule has 76 valence electrons. The predicted octanol–water partition coefficient (Wildman–Crippen LogP) is 0.728. The lowest BCUT2D eigenvalue weighted by molar-refractivity contribution is -0.140. The van der Waals surface area contributed by atoms with Crippen molar-refractivity contribution in [2.45, 2.75) is 19.3 Å². The van der Waals surface area contributed by atoms with E-state index in [4.69, 9.17) is 5.41 Å². The van der Waals surface area contributed by atoms with Gasteiger partial charge in [-0.15, -0.1) is 0 Å². The van der Waals surface area contributed by atoms with Crippen molar-refractivity contribution in [3.63, 3.8) is 0 Å². The van der Waals surface area contributed by atoms with E-state index in [0.717, 1.165) is 0 Å². The first-order chi connectivity index (χ1) is 6.20. The number of hydrogen-bond acceptors (Lipinski definition) is 4. The molecule has 0 aliphatic carbocycles. The third kappa shape index (κ3) is 7.64. The summed E-state index contributed by atoms with van der Waals surface area (Å²) in [4.78, 5) is 10.6. The molecule has 0 aromatic carbocycles. The summed E-state index contributed by atoms with van der Waals surface area (Å²) in [5.74, 6) is 0.775. The maximum atomic E-state index is 11.1. The summed E-state index contributed by atoms with van der Waals surface area (Å²) in [6.07, 6.45) is 2.72. The molecular formula is C8H15NO3S. The molecule has 0 fully saturated rings. The monoisotopic (exact) mass is 205 g/mol. The Morgan fingerprint density at radius 2 is 2.23 bits per heavy atom. The summed E-state index contributed by atoms with van der Waals surface area (Å²) in [6, 6.07) is 0. The molecule has 0 saturated carbocycles. The van der Waals surface area contributed by atoms with E-state index in [-0.39, 0.29) is 5.97 Å². The minimum Gasteiger partial charge on any atom is -0.469 e. The van der Waals surface area contributed by atoms with Gasteiger partial charge in [-0.1, -0.05) is 0 Å². The van der Waals surface area contributed by atoms with Crippen LogP contribution in [0.5, 0.6) is 0 Å². The summed E-state index contributed by atoms with van der Waals surface area (Å²) >= 11 is 0.